The Balaban J connectivity index is 0.000000559. The number of primary amides is 1. The molecule has 1 atom stereocenters. The van der Waals surface area contributed by atoms with Crippen molar-refractivity contribution >= 4 is 46.2 Å². The highest BCUT2D eigenvalue weighted by Crippen LogP contribution is 2.42. The van der Waals surface area contributed by atoms with E-state index in [1.807, 2.05) is 12.1 Å². The van der Waals surface area contributed by atoms with E-state index >= 15 is 0 Å². The molecule has 38 heavy (non-hydrogen) atoms. The molecule has 1 amide bonds. The number of amides is 1. The summed E-state index contributed by atoms with van der Waals surface area (Å²) in [5, 5.41) is 8.63. The van der Waals surface area contributed by atoms with Gasteiger partial charge in [-0.05, 0) is 84.9 Å². The van der Waals surface area contributed by atoms with Gasteiger partial charge in [0.05, 0.1) is 18.3 Å². The van der Waals surface area contributed by atoms with Gasteiger partial charge >= 0.3 is 0 Å². The summed E-state index contributed by atoms with van der Waals surface area (Å²) in [6.45, 7) is 4.00. The highest BCUT2D eigenvalue weighted by molar-refractivity contribution is 7.78. The van der Waals surface area contributed by atoms with E-state index in [0.29, 0.717) is 29.1 Å². The zero-order valence-corrected chi connectivity index (χ0v) is 23.6. The fourth-order valence-corrected chi connectivity index (χ4v) is 4.69. The van der Waals surface area contributed by atoms with Gasteiger partial charge in [-0.15, -0.1) is 0 Å². The van der Waals surface area contributed by atoms with Gasteiger partial charge in [0.2, 0.25) is 0 Å². The van der Waals surface area contributed by atoms with Gasteiger partial charge in [0, 0.05) is 36.6 Å². The van der Waals surface area contributed by atoms with E-state index in [2.05, 4.69) is 4.90 Å². The number of aliphatic carboxylic acids is 1. The molecule has 4 rings (SSSR count). The number of carbonyl (C=O) groups excluding carboxylic acids is 1. The number of nitrogens with two attached hydrogens (primary N) is 1. The number of hydrogen-bond acceptors (Lipinski definition) is 6. The Hall–Kier alpha value is -2.08. The lowest BCUT2D eigenvalue weighted by atomic mass is 9.97. The Morgan fingerprint density at radius 2 is 1.66 bits per heavy atom. The number of likely N-dealkylation sites (tertiary alicyclic amines) is 1. The molecule has 0 aromatic heterocycles. The predicted octanol–water partition coefficient (Wildman–Crippen LogP) is 4.88. The molecule has 1 saturated heterocycles. The maximum Gasteiger partial charge on any atom is 0.300 e. The number of halogens is 3. The number of carboxylic acids is 1. The molecule has 1 unspecified atom stereocenters. The van der Waals surface area contributed by atoms with Gasteiger partial charge in [-0.1, -0.05) is 34.3 Å². The molecule has 2 aromatic carbocycles. The van der Waals surface area contributed by atoms with E-state index in [0.717, 1.165) is 68.6 Å². The number of piperidine rings is 1. The second-order valence-corrected chi connectivity index (χ2v) is 10.8. The summed E-state index contributed by atoms with van der Waals surface area (Å²) in [5.74, 6) is -1.65. The second-order valence-electron chi connectivity index (χ2n) is 9.15. The number of ether oxygens (including phenoxy) is 1. The highest BCUT2D eigenvalue weighted by Gasteiger charge is 2.29. The molecule has 210 valence electrons. The number of carbonyl (C=O) groups is 2. The van der Waals surface area contributed by atoms with E-state index in [-0.39, 0.29) is 11.7 Å². The summed E-state index contributed by atoms with van der Waals surface area (Å²) >= 11 is 10.2. The van der Waals surface area contributed by atoms with Crippen molar-refractivity contribution in [3.8, 4) is 0 Å². The molecule has 2 aliphatic rings. The third-order valence-electron chi connectivity index (χ3n) is 5.85. The Kier molecular flexibility index (Phi) is 13.1. The molecule has 1 heterocycles. The van der Waals surface area contributed by atoms with Crippen LogP contribution in [0.5, 0.6) is 0 Å². The first-order chi connectivity index (χ1) is 17.8. The molecular weight excluding hydrogens is 558 g/mol. The highest BCUT2D eigenvalue weighted by atomic mass is 35.5. The van der Waals surface area contributed by atoms with Gasteiger partial charge in [-0.25, -0.2) is 4.39 Å². The van der Waals surface area contributed by atoms with E-state index in [9.17, 15) is 9.18 Å². The Morgan fingerprint density at radius 3 is 2.13 bits per heavy atom. The fourth-order valence-electron chi connectivity index (χ4n) is 4.11. The van der Waals surface area contributed by atoms with Gasteiger partial charge in [0.1, 0.15) is 5.82 Å². The average molecular weight is 591 g/mol. The van der Waals surface area contributed by atoms with Crippen LogP contribution < -0.4 is 5.73 Å². The normalized spacial score (nSPS) is 16.5. The number of nitrogens with zero attached hydrogens (tertiary/aromatic N) is 1. The molecule has 2 aromatic rings. The number of carboxylic acid groups (broad SMARTS) is 1. The van der Waals surface area contributed by atoms with E-state index in [1.165, 1.54) is 6.07 Å². The molecule has 2 fully saturated rings. The first-order valence-corrected chi connectivity index (χ1v) is 14.2. The van der Waals surface area contributed by atoms with Crippen molar-refractivity contribution in [2.24, 2.45) is 5.73 Å². The maximum atomic E-state index is 14.3. The molecule has 1 aliphatic carbocycles. The minimum atomic E-state index is -1.86. The lowest BCUT2D eigenvalue weighted by Crippen LogP contribution is -2.36. The van der Waals surface area contributed by atoms with Crippen molar-refractivity contribution in [3.05, 3.63) is 68.4 Å². The second kappa shape index (κ2) is 15.5. The fraction of sp³-hybridized carbons (Fsp3) is 0.462. The first-order valence-electron chi connectivity index (χ1n) is 12.0. The van der Waals surface area contributed by atoms with Crippen LogP contribution in [0, 0.1) is 5.82 Å². The molecule has 0 spiro atoms. The van der Waals surface area contributed by atoms with Gasteiger partial charge in [-0.3, -0.25) is 18.7 Å². The van der Waals surface area contributed by atoms with Gasteiger partial charge in [0.15, 0.2) is 0 Å². The van der Waals surface area contributed by atoms with E-state index < -0.39 is 28.8 Å². The quantitative estimate of drug-likeness (QED) is 0.440. The molecule has 1 saturated carbocycles. The summed E-state index contributed by atoms with van der Waals surface area (Å²) < 4.78 is 38.4. The Labute approximate surface area is 234 Å². The van der Waals surface area contributed by atoms with Crippen molar-refractivity contribution in [3.63, 3.8) is 0 Å². The average Bonchev–Trinajstić information content (AvgIpc) is 3.62. The van der Waals surface area contributed by atoms with Crippen molar-refractivity contribution in [1.82, 2.24) is 4.90 Å². The van der Waals surface area contributed by atoms with Crippen LogP contribution in [-0.2, 0) is 33.8 Å². The van der Waals surface area contributed by atoms with Crippen LogP contribution in [0.1, 0.15) is 65.6 Å². The smallest absolute Gasteiger partial charge is 0.300 e. The van der Waals surface area contributed by atoms with Crippen molar-refractivity contribution < 1.29 is 32.6 Å². The van der Waals surface area contributed by atoms with Crippen LogP contribution in [0.2, 0.25) is 10.0 Å². The maximum absolute atomic E-state index is 14.3. The summed E-state index contributed by atoms with van der Waals surface area (Å²) in [6.07, 6.45) is 5.25. The zero-order valence-electron chi connectivity index (χ0n) is 21.3. The molecule has 0 bridgehead atoms. The molecule has 1 aliphatic heterocycles. The lowest BCUT2D eigenvalue weighted by Gasteiger charge is -2.32. The molecule has 0 radical (unpaired) electrons. The van der Waals surface area contributed by atoms with Crippen molar-refractivity contribution in [1.29, 1.82) is 0 Å². The van der Waals surface area contributed by atoms with Crippen molar-refractivity contribution in [2.75, 3.05) is 19.3 Å². The number of rotatable bonds is 7. The third-order valence-corrected chi connectivity index (χ3v) is 6.28. The Morgan fingerprint density at radius 1 is 1.13 bits per heavy atom. The van der Waals surface area contributed by atoms with Crippen LogP contribution >= 0.6 is 23.2 Å². The minimum Gasteiger partial charge on any atom is -0.773 e. The standard InChI is InChI=1S/C23H25Cl2FN2O2.C2H4O2.CH4O2S/c24-17-7-14(8-18(25)10-17)13-30-19-3-5-28(6-4-19)12-16-9-22(26)21(23(27)29)11-20(16)15-1-2-15;1-2(3)4;1-4(2)3/h7-11,15,19H,1-6,12-13H2,(H2,27,29);1H3,(H,3,4);1H3,(H,2,3)/p-1. The summed E-state index contributed by atoms with van der Waals surface area (Å²) in [4.78, 5) is 22.8. The van der Waals surface area contributed by atoms with Crippen molar-refractivity contribution in [2.45, 2.75) is 57.8 Å². The third kappa shape index (κ3) is 11.8. The van der Waals surface area contributed by atoms with Crippen LogP contribution in [0.25, 0.3) is 0 Å². The zero-order chi connectivity index (χ0) is 28.4. The first kappa shape index (κ1) is 32.1. The summed E-state index contributed by atoms with van der Waals surface area (Å²) in [6, 6.07) is 8.61. The van der Waals surface area contributed by atoms with Crippen LogP contribution in [0.3, 0.4) is 0 Å². The minimum absolute atomic E-state index is 0.00567. The molecule has 8 nitrogen and oxygen atoms in total. The molecule has 3 N–H and O–H groups in total. The SMILES string of the molecule is CC(=O)O.CS(=O)[O-].NC(=O)c1cc(C2CC2)c(CN2CCC(OCc3cc(Cl)cc(Cl)c3)CC2)cc1F. The van der Waals surface area contributed by atoms with E-state index in [4.69, 9.17) is 52.3 Å². The summed E-state index contributed by atoms with van der Waals surface area (Å²) in [5.41, 5.74) is 8.32. The molecular formula is C26H32Cl2FN2O6S-. The monoisotopic (exact) mass is 589 g/mol. The molecule has 12 heteroatoms. The predicted molar refractivity (Wildman–Crippen MR) is 145 cm³/mol. The Bertz CT molecular complexity index is 1100. The number of benzene rings is 2. The largest absolute Gasteiger partial charge is 0.773 e. The van der Waals surface area contributed by atoms with Gasteiger partial charge in [-0.2, -0.15) is 0 Å². The van der Waals surface area contributed by atoms with Crippen LogP contribution in [0.15, 0.2) is 30.3 Å². The topological polar surface area (TPSA) is 133 Å². The van der Waals surface area contributed by atoms with Crippen LogP contribution in [-0.4, -0.2) is 56.1 Å². The van der Waals surface area contributed by atoms with Gasteiger partial charge < -0.3 is 20.1 Å². The van der Waals surface area contributed by atoms with E-state index in [1.54, 1.807) is 12.1 Å². The van der Waals surface area contributed by atoms with Gasteiger partial charge in [0.25, 0.3) is 11.9 Å². The summed E-state index contributed by atoms with van der Waals surface area (Å²) in [7, 11) is 0. The number of hydrogen-bond donors (Lipinski definition) is 2. The lowest BCUT2D eigenvalue weighted by molar-refractivity contribution is -0.134. The van der Waals surface area contributed by atoms with Crippen LogP contribution in [0.4, 0.5) is 4.39 Å².